The van der Waals surface area contributed by atoms with Crippen LogP contribution < -0.4 is 0 Å². The van der Waals surface area contributed by atoms with Gasteiger partial charge in [0.05, 0.1) is 17.8 Å². The molecule has 2 rings (SSSR count). The molecule has 0 spiro atoms. The van der Waals surface area contributed by atoms with Crippen LogP contribution in [0.25, 0.3) is 0 Å². The number of ether oxygens (including phenoxy) is 1. The fourth-order valence-corrected chi connectivity index (χ4v) is 2.38. The second kappa shape index (κ2) is 4.97. The van der Waals surface area contributed by atoms with Crippen LogP contribution in [0, 0.1) is 5.82 Å². The minimum Gasteiger partial charge on any atom is -0.372 e. The number of nitrogens with zero attached hydrogens (tertiary/aromatic N) is 1. The Morgan fingerprint density at radius 3 is 2.89 bits per heavy atom. The van der Waals surface area contributed by atoms with E-state index in [-0.39, 0.29) is 17.1 Å². The highest BCUT2D eigenvalue weighted by atomic mass is 79.9. The van der Waals surface area contributed by atoms with Crippen LogP contribution in [-0.4, -0.2) is 36.1 Å². The molecule has 1 aliphatic heterocycles. The van der Waals surface area contributed by atoms with Crippen molar-refractivity contribution in [2.24, 2.45) is 0 Å². The van der Waals surface area contributed by atoms with Crippen molar-refractivity contribution in [2.45, 2.75) is 19.4 Å². The minimum absolute atomic E-state index is 0.0991. The van der Waals surface area contributed by atoms with Gasteiger partial charge in [-0.3, -0.25) is 4.79 Å². The molecule has 1 aromatic rings. The zero-order chi connectivity index (χ0) is 13.3. The van der Waals surface area contributed by atoms with E-state index in [0.717, 1.165) is 0 Å². The number of rotatable bonds is 1. The Balaban J connectivity index is 2.23. The number of morpholine rings is 1. The van der Waals surface area contributed by atoms with Gasteiger partial charge in [-0.05, 0) is 32.0 Å². The molecule has 1 amide bonds. The lowest BCUT2D eigenvalue weighted by atomic mass is 10.1. The summed E-state index contributed by atoms with van der Waals surface area (Å²) in [5, 5.41) is 0. The van der Waals surface area contributed by atoms with E-state index in [4.69, 9.17) is 4.74 Å². The van der Waals surface area contributed by atoms with Crippen LogP contribution in [0.1, 0.15) is 24.2 Å². The average Bonchev–Trinajstić information content (AvgIpc) is 2.30. The van der Waals surface area contributed by atoms with Gasteiger partial charge in [0, 0.05) is 17.6 Å². The van der Waals surface area contributed by atoms with Crippen molar-refractivity contribution < 1.29 is 13.9 Å². The van der Waals surface area contributed by atoms with Crippen molar-refractivity contribution in [3.8, 4) is 0 Å². The van der Waals surface area contributed by atoms with Gasteiger partial charge in [-0.25, -0.2) is 4.39 Å². The molecule has 1 heterocycles. The van der Waals surface area contributed by atoms with Gasteiger partial charge >= 0.3 is 0 Å². The Morgan fingerprint density at radius 1 is 1.50 bits per heavy atom. The summed E-state index contributed by atoms with van der Waals surface area (Å²) in [6, 6.07) is 4.39. The summed E-state index contributed by atoms with van der Waals surface area (Å²) >= 11 is 3.25. The van der Waals surface area contributed by atoms with E-state index in [2.05, 4.69) is 15.9 Å². The van der Waals surface area contributed by atoms with Gasteiger partial charge in [0.1, 0.15) is 5.82 Å². The molecule has 1 aliphatic rings. The lowest BCUT2D eigenvalue weighted by Gasteiger charge is -2.38. The number of benzene rings is 1. The lowest BCUT2D eigenvalue weighted by Crippen LogP contribution is -2.50. The Bertz CT molecular complexity index is 476. The van der Waals surface area contributed by atoms with Crippen molar-refractivity contribution in [2.75, 3.05) is 19.7 Å². The highest BCUT2D eigenvalue weighted by molar-refractivity contribution is 9.10. The average molecular weight is 316 g/mol. The first-order chi connectivity index (χ1) is 8.39. The van der Waals surface area contributed by atoms with Crippen molar-refractivity contribution in [3.05, 3.63) is 34.1 Å². The van der Waals surface area contributed by atoms with Crippen LogP contribution in [0.4, 0.5) is 4.39 Å². The monoisotopic (exact) mass is 315 g/mol. The lowest BCUT2D eigenvalue weighted by molar-refractivity contribution is -0.0764. The molecule has 0 unspecified atom stereocenters. The van der Waals surface area contributed by atoms with Crippen LogP contribution in [-0.2, 0) is 4.74 Å². The molecule has 0 N–H and O–H groups in total. The fraction of sp³-hybridized carbons (Fsp3) is 0.462. The minimum atomic E-state index is -0.493. The number of hydrogen-bond donors (Lipinski definition) is 0. The number of halogens is 2. The zero-order valence-electron chi connectivity index (χ0n) is 10.4. The van der Waals surface area contributed by atoms with Crippen molar-refractivity contribution >= 4 is 21.8 Å². The summed E-state index contributed by atoms with van der Waals surface area (Å²) in [7, 11) is 0. The highest BCUT2D eigenvalue weighted by Crippen LogP contribution is 2.21. The smallest absolute Gasteiger partial charge is 0.257 e. The molecule has 0 atom stereocenters. The molecular weight excluding hydrogens is 301 g/mol. The van der Waals surface area contributed by atoms with Crippen LogP contribution >= 0.6 is 15.9 Å². The van der Waals surface area contributed by atoms with Crippen LogP contribution in [0.3, 0.4) is 0 Å². The summed E-state index contributed by atoms with van der Waals surface area (Å²) in [6.45, 7) is 5.29. The van der Waals surface area contributed by atoms with Crippen molar-refractivity contribution in [1.29, 1.82) is 0 Å². The topological polar surface area (TPSA) is 29.5 Å². The largest absolute Gasteiger partial charge is 0.372 e. The summed E-state index contributed by atoms with van der Waals surface area (Å²) in [5.74, 6) is -0.780. The molecule has 1 aromatic carbocycles. The van der Waals surface area contributed by atoms with Crippen molar-refractivity contribution in [1.82, 2.24) is 4.90 Å². The van der Waals surface area contributed by atoms with Crippen LogP contribution in [0.5, 0.6) is 0 Å². The first-order valence-electron chi connectivity index (χ1n) is 5.77. The van der Waals surface area contributed by atoms with E-state index in [1.165, 1.54) is 12.1 Å². The first kappa shape index (κ1) is 13.5. The molecule has 18 heavy (non-hydrogen) atoms. The molecule has 0 aliphatic carbocycles. The van der Waals surface area contributed by atoms with Gasteiger partial charge in [-0.15, -0.1) is 0 Å². The maximum atomic E-state index is 13.7. The number of carbonyl (C=O) groups excluding carboxylic acids is 1. The third-order valence-electron chi connectivity index (χ3n) is 2.87. The second-order valence-electron chi connectivity index (χ2n) is 4.96. The molecule has 1 saturated heterocycles. The first-order valence-corrected chi connectivity index (χ1v) is 6.57. The summed E-state index contributed by atoms with van der Waals surface area (Å²) in [6.07, 6.45) is 0. The SMILES string of the molecule is CC1(C)CN(C(=O)c2cc(Br)ccc2F)CCO1. The number of amides is 1. The third kappa shape index (κ3) is 2.90. The van der Waals surface area contributed by atoms with E-state index in [0.29, 0.717) is 24.2 Å². The van der Waals surface area contributed by atoms with E-state index < -0.39 is 5.82 Å². The molecule has 5 heteroatoms. The molecule has 3 nitrogen and oxygen atoms in total. The Hall–Kier alpha value is -0.940. The summed E-state index contributed by atoms with van der Waals surface area (Å²) < 4.78 is 19.9. The molecule has 0 aromatic heterocycles. The quantitative estimate of drug-likeness (QED) is 0.797. The second-order valence-corrected chi connectivity index (χ2v) is 5.87. The van der Waals surface area contributed by atoms with E-state index in [9.17, 15) is 9.18 Å². The predicted octanol–water partition coefficient (Wildman–Crippen LogP) is 2.84. The maximum absolute atomic E-state index is 13.7. The number of carbonyl (C=O) groups is 1. The van der Waals surface area contributed by atoms with Crippen LogP contribution in [0.15, 0.2) is 22.7 Å². The summed E-state index contributed by atoms with van der Waals surface area (Å²) in [4.78, 5) is 13.9. The van der Waals surface area contributed by atoms with Gasteiger partial charge in [0.2, 0.25) is 0 Å². The van der Waals surface area contributed by atoms with Gasteiger partial charge in [0.15, 0.2) is 0 Å². The molecule has 0 bridgehead atoms. The Kier molecular flexibility index (Phi) is 3.73. The van der Waals surface area contributed by atoms with Crippen LogP contribution in [0.2, 0.25) is 0 Å². The molecular formula is C13H15BrFNO2. The van der Waals surface area contributed by atoms with Gasteiger partial charge in [-0.2, -0.15) is 0 Å². The standard InChI is InChI=1S/C13H15BrFNO2/c1-13(2)8-16(5-6-18-13)12(17)10-7-9(14)3-4-11(10)15/h3-4,7H,5-6,8H2,1-2H3. The van der Waals surface area contributed by atoms with Gasteiger partial charge in [0.25, 0.3) is 5.91 Å². The van der Waals surface area contributed by atoms with Gasteiger partial charge in [-0.1, -0.05) is 15.9 Å². The third-order valence-corrected chi connectivity index (χ3v) is 3.36. The molecule has 0 radical (unpaired) electrons. The highest BCUT2D eigenvalue weighted by Gasteiger charge is 2.31. The Labute approximate surface area is 114 Å². The normalized spacial score (nSPS) is 18.8. The van der Waals surface area contributed by atoms with E-state index in [1.807, 2.05) is 13.8 Å². The van der Waals surface area contributed by atoms with E-state index >= 15 is 0 Å². The molecule has 0 saturated carbocycles. The molecule has 1 fully saturated rings. The van der Waals surface area contributed by atoms with E-state index in [1.54, 1.807) is 11.0 Å². The predicted molar refractivity (Wildman–Crippen MR) is 70.0 cm³/mol. The summed E-state index contributed by atoms with van der Waals surface area (Å²) in [5.41, 5.74) is -0.279. The van der Waals surface area contributed by atoms with Crippen molar-refractivity contribution in [3.63, 3.8) is 0 Å². The zero-order valence-corrected chi connectivity index (χ0v) is 12.0. The molecule has 98 valence electrons. The fourth-order valence-electron chi connectivity index (χ4n) is 2.02. The number of hydrogen-bond acceptors (Lipinski definition) is 2. The van der Waals surface area contributed by atoms with Gasteiger partial charge < -0.3 is 9.64 Å². The maximum Gasteiger partial charge on any atom is 0.257 e. The Morgan fingerprint density at radius 2 is 2.22 bits per heavy atom.